The molecule has 0 aliphatic carbocycles. The van der Waals surface area contributed by atoms with Crippen LogP contribution in [0.2, 0.25) is 0 Å². The van der Waals surface area contributed by atoms with Crippen molar-refractivity contribution in [1.29, 1.82) is 0 Å². The Bertz CT molecular complexity index is 1120. The van der Waals surface area contributed by atoms with E-state index in [9.17, 15) is 32.9 Å². The largest absolute Gasteiger partial charge is 0.481 e. The third-order valence-corrected chi connectivity index (χ3v) is 6.28. The standard InChI is InChI=1S/C22H28FN3O6S/c1-6-15(27)11-16(28)17(21(29)30)18-19(12(2)3)24-22(26(4)33(5,31)32)25-20(18)13-7-9-14(23)10-8-13/h6-10,12,15-17,27-28H,1,11H2,2-5H3,(H,29,30)/t15-,16-,17?/m1/s1. The van der Waals surface area contributed by atoms with Crippen LogP contribution in [0.5, 0.6) is 0 Å². The average molecular weight is 482 g/mol. The van der Waals surface area contributed by atoms with Crippen molar-refractivity contribution in [2.45, 2.75) is 44.3 Å². The molecule has 3 atom stereocenters. The van der Waals surface area contributed by atoms with Gasteiger partial charge in [0.25, 0.3) is 0 Å². The third kappa shape index (κ3) is 6.12. The molecule has 0 amide bonds. The van der Waals surface area contributed by atoms with E-state index in [-0.39, 0.29) is 29.3 Å². The number of carbonyl (C=O) groups is 1. The van der Waals surface area contributed by atoms with Gasteiger partial charge in [-0.15, -0.1) is 6.58 Å². The van der Waals surface area contributed by atoms with E-state index in [1.54, 1.807) is 13.8 Å². The van der Waals surface area contributed by atoms with Crippen LogP contribution in [0.25, 0.3) is 11.3 Å². The second kappa shape index (κ2) is 10.4. The molecule has 0 radical (unpaired) electrons. The minimum atomic E-state index is -3.75. The van der Waals surface area contributed by atoms with Crippen molar-refractivity contribution in [3.8, 4) is 11.3 Å². The number of hydrogen-bond donors (Lipinski definition) is 3. The Labute approximate surface area is 192 Å². The first-order valence-corrected chi connectivity index (χ1v) is 12.0. The van der Waals surface area contributed by atoms with Gasteiger partial charge in [-0.25, -0.2) is 27.1 Å². The molecule has 3 N–H and O–H groups in total. The van der Waals surface area contributed by atoms with E-state index in [0.717, 1.165) is 22.7 Å². The molecule has 0 spiro atoms. The Morgan fingerprint density at radius 1 is 1.21 bits per heavy atom. The third-order valence-electron chi connectivity index (χ3n) is 5.12. The van der Waals surface area contributed by atoms with Crippen molar-refractivity contribution < 1.29 is 32.9 Å². The molecule has 33 heavy (non-hydrogen) atoms. The van der Waals surface area contributed by atoms with Crippen LogP contribution in [-0.4, -0.2) is 65.2 Å². The van der Waals surface area contributed by atoms with E-state index >= 15 is 0 Å². The van der Waals surface area contributed by atoms with E-state index < -0.39 is 45.9 Å². The quantitative estimate of drug-likeness (QED) is 0.439. The Morgan fingerprint density at radius 3 is 2.24 bits per heavy atom. The van der Waals surface area contributed by atoms with Gasteiger partial charge >= 0.3 is 5.97 Å². The molecular formula is C22H28FN3O6S. The summed E-state index contributed by atoms with van der Waals surface area (Å²) >= 11 is 0. The van der Waals surface area contributed by atoms with Gasteiger partial charge in [-0.3, -0.25) is 4.79 Å². The monoisotopic (exact) mass is 481 g/mol. The van der Waals surface area contributed by atoms with E-state index in [1.165, 1.54) is 25.3 Å². The Balaban J connectivity index is 2.92. The van der Waals surface area contributed by atoms with Gasteiger partial charge in [0.2, 0.25) is 16.0 Å². The van der Waals surface area contributed by atoms with Gasteiger partial charge < -0.3 is 15.3 Å². The predicted octanol–water partition coefficient (Wildman–Crippen LogP) is 2.27. The fourth-order valence-corrected chi connectivity index (χ4v) is 3.68. The molecule has 1 unspecified atom stereocenters. The topological polar surface area (TPSA) is 141 Å². The fraction of sp³-hybridized carbons (Fsp3) is 0.409. The van der Waals surface area contributed by atoms with Crippen LogP contribution in [0.15, 0.2) is 36.9 Å². The predicted molar refractivity (Wildman–Crippen MR) is 122 cm³/mol. The molecule has 0 bridgehead atoms. The van der Waals surface area contributed by atoms with Crippen LogP contribution in [-0.2, 0) is 14.8 Å². The van der Waals surface area contributed by atoms with Gasteiger partial charge in [0.1, 0.15) is 11.7 Å². The van der Waals surface area contributed by atoms with Gasteiger partial charge in [-0.2, -0.15) is 0 Å². The number of hydrogen-bond acceptors (Lipinski definition) is 7. The summed E-state index contributed by atoms with van der Waals surface area (Å²) in [5.41, 5.74) is 0.605. The molecule has 1 aromatic carbocycles. The maximum atomic E-state index is 13.6. The van der Waals surface area contributed by atoms with E-state index in [1.807, 2.05) is 0 Å². The van der Waals surface area contributed by atoms with E-state index in [0.29, 0.717) is 5.56 Å². The van der Waals surface area contributed by atoms with Gasteiger partial charge in [0, 0.05) is 24.6 Å². The lowest BCUT2D eigenvalue weighted by Crippen LogP contribution is -2.32. The van der Waals surface area contributed by atoms with Gasteiger partial charge in [-0.1, -0.05) is 19.9 Å². The molecule has 0 saturated carbocycles. The van der Waals surface area contributed by atoms with Crippen LogP contribution in [0.3, 0.4) is 0 Å². The number of nitrogens with zero attached hydrogens (tertiary/aromatic N) is 3. The zero-order valence-corrected chi connectivity index (χ0v) is 19.6. The molecule has 2 aromatic rings. The Hall–Kier alpha value is -2.89. The maximum Gasteiger partial charge on any atom is 0.313 e. The highest BCUT2D eigenvalue weighted by Crippen LogP contribution is 2.38. The lowest BCUT2D eigenvalue weighted by molar-refractivity contribution is -0.142. The number of rotatable bonds is 10. The van der Waals surface area contributed by atoms with Crippen molar-refractivity contribution in [3.63, 3.8) is 0 Å². The Kier molecular flexibility index (Phi) is 8.28. The van der Waals surface area contributed by atoms with Crippen molar-refractivity contribution in [1.82, 2.24) is 9.97 Å². The maximum absolute atomic E-state index is 13.6. The summed E-state index contributed by atoms with van der Waals surface area (Å²) in [6.07, 6.45) is -0.875. The summed E-state index contributed by atoms with van der Waals surface area (Å²) in [4.78, 5) is 21.0. The number of anilines is 1. The van der Waals surface area contributed by atoms with Gasteiger partial charge in [0.15, 0.2) is 0 Å². The molecule has 1 aromatic heterocycles. The molecule has 0 fully saturated rings. The van der Waals surface area contributed by atoms with Crippen molar-refractivity contribution in [2.75, 3.05) is 17.6 Å². The second-order valence-corrected chi connectivity index (χ2v) is 10.00. The zero-order valence-electron chi connectivity index (χ0n) is 18.8. The molecule has 0 aliphatic rings. The average Bonchev–Trinajstić information content (AvgIpc) is 2.72. The molecule has 9 nitrogen and oxygen atoms in total. The minimum Gasteiger partial charge on any atom is -0.481 e. The molecular weight excluding hydrogens is 453 g/mol. The van der Waals surface area contributed by atoms with Crippen molar-refractivity contribution >= 4 is 21.9 Å². The van der Waals surface area contributed by atoms with Crippen LogP contribution < -0.4 is 4.31 Å². The number of aliphatic hydroxyl groups excluding tert-OH is 2. The van der Waals surface area contributed by atoms with E-state index in [4.69, 9.17) is 0 Å². The number of aliphatic hydroxyl groups is 2. The first-order chi connectivity index (χ1) is 15.3. The zero-order chi connectivity index (χ0) is 25.1. The Morgan fingerprint density at radius 2 is 1.79 bits per heavy atom. The normalized spacial score (nSPS) is 14.5. The summed E-state index contributed by atoms with van der Waals surface area (Å²) in [6, 6.07) is 5.06. The summed E-state index contributed by atoms with van der Waals surface area (Å²) in [5.74, 6) is -4.08. The number of benzene rings is 1. The van der Waals surface area contributed by atoms with Crippen LogP contribution >= 0.6 is 0 Å². The van der Waals surface area contributed by atoms with E-state index in [2.05, 4.69) is 16.5 Å². The lowest BCUT2D eigenvalue weighted by atomic mass is 9.84. The minimum absolute atomic E-state index is 0.0405. The molecule has 2 rings (SSSR count). The molecule has 11 heteroatoms. The molecule has 180 valence electrons. The molecule has 0 aliphatic heterocycles. The summed E-state index contributed by atoms with van der Waals surface area (Å²) in [7, 11) is -2.49. The van der Waals surface area contributed by atoms with Crippen molar-refractivity contribution in [3.05, 3.63) is 54.0 Å². The summed E-state index contributed by atoms with van der Waals surface area (Å²) in [6.45, 7) is 6.89. The molecule has 0 saturated heterocycles. The summed E-state index contributed by atoms with van der Waals surface area (Å²) < 4.78 is 38.7. The number of sulfonamides is 1. The smallest absolute Gasteiger partial charge is 0.313 e. The highest BCUT2D eigenvalue weighted by Gasteiger charge is 2.36. The SMILES string of the molecule is C=C[C@@H](O)C[C@@H](O)C(C(=O)O)c1c(-c2ccc(F)cc2)nc(N(C)S(C)(=O)=O)nc1C(C)C. The number of carboxylic acids is 1. The highest BCUT2D eigenvalue weighted by molar-refractivity contribution is 7.92. The number of halogens is 1. The first kappa shape index (κ1) is 26.4. The number of aromatic nitrogens is 2. The highest BCUT2D eigenvalue weighted by atomic mass is 32.2. The van der Waals surface area contributed by atoms with Gasteiger partial charge in [-0.05, 0) is 30.2 Å². The first-order valence-electron chi connectivity index (χ1n) is 10.1. The van der Waals surface area contributed by atoms with Crippen molar-refractivity contribution in [2.24, 2.45) is 0 Å². The second-order valence-electron chi connectivity index (χ2n) is 7.99. The van der Waals surface area contributed by atoms with Crippen LogP contribution in [0, 0.1) is 5.82 Å². The lowest BCUT2D eigenvalue weighted by Gasteiger charge is -2.27. The summed E-state index contributed by atoms with van der Waals surface area (Å²) in [5, 5.41) is 30.7. The van der Waals surface area contributed by atoms with Crippen LogP contribution in [0.4, 0.5) is 10.3 Å². The fourth-order valence-electron chi connectivity index (χ4n) is 3.30. The van der Waals surface area contributed by atoms with Crippen LogP contribution in [0.1, 0.15) is 43.4 Å². The van der Waals surface area contributed by atoms with Gasteiger partial charge in [0.05, 0.1) is 29.9 Å². The molecule has 1 heterocycles. The number of aliphatic carboxylic acids is 1. The number of carboxylic acid groups (broad SMARTS) is 1.